The van der Waals surface area contributed by atoms with E-state index in [1.165, 1.54) is 44.9 Å². The highest BCUT2D eigenvalue weighted by Gasteiger charge is 2.21. The number of hydrogen-bond donors (Lipinski definition) is 3. The predicted octanol–water partition coefficient (Wildman–Crippen LogP) is 6.54. The third kappa shape index (κ3) is 9.71. The molecule has 5 heteroatoms. The monoisotopic (exact) mass is 440 g/mol. The average Bonchev–Trinajstić information content (AvgIpc) is 3.19. The van der Waals surface area contributed by atoms with Gasteiger partial charge in [-0.05, 0) is 43.7 Å². The molecule has 5 nitrogen and oxygen atoms in total. The first-order valence-electron chi connectivity index (χ1n) is 12.3. The molecule has 3 N–H and O–H groups in total. The number of para-hydroxylation sites is 1. The van der Waals surface area contributed by atoms with Gasteiger partial charge in [-0.15, -0.1) is 0 Å². The van der Waals surface area contributed by atoms with Crippen molar-refractivity contribution in [2.24, 2.45) is 0 Å². The molecule has 176 valence electrons. The van der Waals surface area contributed by atoms with E-state index in [9.17, 15) is 14.7 Å². The van der Waals surface area contributed by atoms with Crippen LogP contribution in [0.5, 0.6) is 0 Å². The summed E-state index contributed by atoms with van der Waals surface area (Å²) in [5, 5.41) is 13.2. The molecule has 0 radical (unpaired) electrons. The zero-order valence-electron chi connectivity index (χ0n) is 19.6. The van der Waals surface area contributed by atoms with Crippen molar-refractivity contribution in [1.82, 2.24) is 10.3 Å². The van der Waals surface area contributed by atoms with Crippen molar-refractivity contribution in [3.63, 3.8) is 0 Å². The molecule has 0 aliphatic heterocycles. The third-order valence-electron chi connectivity index (χ3n) is 5.90. The number of unbranched alkanes of at least 4 members (excludes halogenated alkanes) is 9. The number of nitrogens with one attached hydrogen (secondary N) is 2. The standard InChI is InChI=1S/C27H40N2O3/c1-2-3-4-5-6-7-8-9-10-11-12-13-14-19-26(30)29-25(27(31)32)20-22-21-28-24-18-16-15-17-23(22)24/h7-8,15-18,21,25,28H,2-6,9-14,19-20H2,1H3,(H,29,30)(H,31,32). The molecule has 1 heterocycles. The minimum Gasteiger partial charge on any atom is -0.480 e. The zero-order chi connectivity index (χ0) is 23.0. The number of amides is 1. The number of carbonyl (C=O) groups excluding carboxylic acids is 1. The van der Waals surface area contributed by atoms with Crippen LogP contribution in [-0.4, -0.2) is 28.0 Å². The number of H-pyrrole nitrogens is 1. The molecule has 1 aromatic carbocycles. The Morgan fingerprint density at radius 1 is 0.969 bits per heavy atom. The first kappa shape index (κ1) is 25.7. The molecule has 1 unspecified atom stereocenters. The van der Waals surface area contributed by atoms with Gasteiger partial charge in [0.2, 0.25) is 5.91 Å². The van der Waals surface area contributed by atoms with E-state index in [4.69, 9.17) is 0 Å². The van der Waals surface area contributed by atoms with Gasteiger partial charge >= 0.3 is 5.97 Å². The summed E-state index contributed by atoms with van der Waals surface area (Å²) in [6.07, 6.45) is 20.0. The fourth-order valence-electron chi connectivity index (χ4n) is 3.99. The van der Waals surface area contributed by atoms with Crippen LogP contribution in [0.15, 0.2) is 42.6 Å². The number of aromatic nitrogens is 1. The second kappa shape index (κ2) is 15.3. The number of carboxylic acid groups (broad SMARTS) is 1. The minimum absolute atomic E-state index is 0.178. The fraction of sp³-hybridized carbons (Fsp3) is 0.556. The van der Waals surface area contributed by atoms with Crippen molar-refractivity contribution in [3.05, 3.63) is 48.2 Å². The van der Waals surface area contributed by atoms with Gasteiger partial charge in [-0.1, -0.05) is 75.8 Å². The van der Waals surface area contributed by atoms with E-state index in [-0.39, 0.29) is 12.3 Å². The number of carbonyl (C=O) groups is 2. The third-order valence-corrected chi connectivity index (χ3v) is 5.90. The summed E-state index contributed by atoms with van der Waals surface area (Å²) in [6, 6.07) is 6.88. The maximum atomic E-state index is 12.3. The summed E-state index contributed by atoms with van der Waals surface area (Å²) < 4.78 is 0. The molecule has 0 saturated heterocycles. The molecule has 1 amide bonds. The smallest absolute Gasteiger partial charge is 0.326 e. The van der Waals surface area contributed by atoms with Crippen LogP contribution in [0.2, 0.25) is 0 Å². The van der Waals surface area contributed by atoms with Gasteiger partial charge in [-0.2, -0.15) is 0 Å². The number of aromatic amines is 1. The fourth-order valence-corrected chi connectivity index (χ4v) is 3.99. The highest BCUT2D eigenvalue weighted by Crippen LogP contribution is 2.19. The average molecular weight is 441 g/mol. The van der Waals surface area contributed by atoms with Crippen LogP contribution < -0.4 is 5.32 Å². The zero-order valence-corrected chi connectivity index (χ0v) is 19.6. The van der Waals surface area contributed by atoms with E-state index in [0.29, 0.717) is 6.42 Å². The van der Waals surface area contributed by atoms with E-state index in [2.05, 4.69) is 29.4 Å². The first-order chi connectivity index (χ1) is 15.6. The van der Waals surface area contributed by atoms with Crippen LogP contribution in [0.3, 0.4) is 0 Å². The number of hydrogen-bond acceptors (Lipinski definition) is 2. The molecule has 0 saturated carbocycles. The van der Waals surface area contributed by atoms with E-state index >= 15 is 0 Å². The van der Waals surface area contributed by atoms with Gasteiger partial charge in [0, 0.05) is 29.9 Å². The molecule has 32 heavy (non-hydrogen) atoms. The highest BCUT2D eigenvalue weighted by atomic mass is 16.4. The van der Waals surface area contributed by atoms with Crippen LogP contribution in [0.4, 0.5) is 0 Å². The van der Waals surface area contributed by atoms with E-state index in [1.54, 1.807) is 0 Å². The van der Waals surface area contributed by atoms with Crippen LogP contribution in [0.1, 0.15) is 89.5 Å². The van der Waals surface area contributed by atoms with Crippen molar-refractivity contribution in [1.29, 1.82) is 0 Å². The van der Waals surface area contributed by atoms with Gasteiger partial charge in [-0.3, -0.25) is 4.79 Å². The van der Waals surface area contributed by atoms with Gasteiger partial charge in [0.25, 0.3) is 0 Å². The lowest BCUT2D eigenvalue weighted by molar-refractivity contribution is -0.141. The lowest BCUT2D eigenvalue weighted by Gasteiger charge is -2.14. The van der Waals surface area contributed by atoms with E-state index < -0.39 is 12.0 Å². The van der Waals surface area contributed by atoms with Gasteiger partial charge in [0.15, 0.2) is 0 Å². The molecule has 1 aromatic heterocycles. The Hall–Kier alpha value is -2.56. The molecular weight excluding hydrogens is 400 g/mol. The second-order valence-electron chi connectivity index (χ2n) is 8.65. The Labute approximate surface area is 192 Å². The summed E-state index contributed by atoms with van der Waals surface area (Å²) in [6.45, 7) is 2.24. The van der Waals surface area contributed by atoms with Crippen LogP contribution in [0.25, 0.3) is 10.9 Å². The first-order valence-corrected chi connectivity index (χ1v) is 12.3. The lowest BCUT2D eigenvalue weighted by Crippen LogP contribution is -2.42. The Balaban J connectivity index is 1.57. The van der Waals surface area contributed by atoms with Crippen LogP contribution >= 0.6 is 0 Å². The molecule has 2 aromatic rings. The molecule has 0 aliphatic carbocycles. The summed E-state index contributed by atoms with van der Waals surface area (Å²) in [5.41, 5.74) is 1.88. The Morgan fingerprint density at radius 2 is 1.62 bits per heavy atom. The molecule has 2 rings (SSSR count). The quantitative estimate of drug-likeness (QED) is 0.193. The normalized spacial score (nSPS) is 12.4. The second-order valence-corrected chi connectivity index (χ2v) is 8.65. The molecule has 0 spiro atoms. The molecule has 0 aliphatic rings. The van der Waals surface area contributed by atoms with Crippen molar-refractivity contribution in [3.8, 4) is 0 Å². The minimum atomic E-state index is -0.998. The molecule has 0 fully saturated rings. The largest absolute Gasteiger partial charge is 0.480 e. The predicted molar refractivity (Wildman–Crippen MR) is 132 cm³/mol. The number of allylic oxidation sites excluding steroid dienone is 2. The van der Waals surface area contributed by atoms with Crippen molar-refractivity contribution < 1.29 is 14.7 Å². The van der Waals surface area contributed by atoms with E-state index in [0.717, 1.165) is 42.1 Å². The number of fused-ring (bicyclic) bond motifs is 1. The Kier molecular flexibility index (Phi) is 12.3. The Morgan fingerprint density at radius 3 is 2.34 bits per heavy atom. The number of rotatable bonds is 17. The number of aliphatic carboxylic acids is 1. The lowest BCUT2D eigenvalue weighted by atomic mass is 10.0. The summed E-state index contributed by atoms with van der Waals surface area (Å²) in [4.78, 5) is 27.1. The number of benzene rings is 1. The maximum absolute atomic E-state index is 12.3. The van der Waals surface area contributed by atoms with Crippen molar-refractivity contribution in [2.45, 2.75) is 96.4 Å². The van der Waals surface area contributed by atoms with Gasteiger partial charge < -0.3 is 15.4 Å². The number of carboxylic acids is 1. The maximum Gasteiger partial charge on any atom is 0.326 e. The van der Waals surface area contributed by atoms with Gasteiger partial charge in [-0.25, -0.2) is 4.79 Å². The van der Waals surface area contributed by atoms with Gasteiger partial charge in [0.1, 0.15) is 6.04 Å². The topological polar surface area (TPSA) is 82.2 Å². The highest BCUT2D eigenvalue weighted by molar-refractivity contribution is 5.86. The summed E-state index contributed by atoms with van der Waals surface area (Å²) >= 11 is 0. The summed E-state index contributed by atoms with van der Waals surface area (Å²) in [7, 11) is 0. The van der Waals surface area contributed by atoms with Crippen molar-refractivity contribution >= 4 is 22.8 Å². The molecule has 1 atom stereocenters. The molecular formula is C27H40N2O3. The van der Waals surface area contributed by atoms with Crippen LogP contribution in [-0.2, 0) is 16.0 Å². The summed E-state index contributed by atoms with van der Waals surface area (Å²) in [5.74, 6) is -1.18. The van der Waals surface area contributed by atoms with Gasteiger partial charge in [0.05, 0.1) is 0 Å². The molecule has 0 bridgehead atoms. The van der Waals surface area contributed by atoms with Crippen LogP contribution in [0, 0.1) is 0 Å². The van der Waals surface area contributed by atoms with Crippen molar-refractivity contribution in [2.75, 3.05) is 0 Å². The Bertz CT molecular complexity index is 840. The SMILES string of the molecule is CCCCCCC=CCCCCCCCC(=O)NC(Cc1c[nH]c2ccccc12)C(=O)O. The van der Waals surface area contributed by atoms with E-state index in [1.807, 2.05) is 30.5 Å².